The maximum absolute atomic E-state index is 12.3. The van der Waals surface area contributed by atoms with Crippen molar-refractivity contribution in [2.75, 3.05) is 25.5 Å². The van der Waals surface area contributed by atoms with Crippen LogP contribution in [0.15, 0.2) is 23.1 Å². The molecule has 0 unspecified atom stereocenters. The van der Waals surface area contributed by atoms with Gasteiger partial charge in [0.15, 0.2) is 5.82 Å². The van der Waals surface area contributed by atoms with Gasteiger partial charge >= 0.3 is 5.69 Å². The van der Waals surface area contributed by atoms with E-state index in [9.17, 15) is 9.59 Å². The van der Waals surface area contributed by atoms with Crippen LogP contribution in [0.25, 0.3) is 0 Å². The zero-order valence-corrected chi connectivity index (χ0v) is 13.6. The van der Waals surface area contributed by atoms with E-state index < -0.39 is 0 Å². The molecule has 0 spiro atoms. The highest BCUT2D eigenvalue weighted by Crippen LogP contribution is 2.17. The number of likely N-dealkylation sites (N-methyl/N-ethyl adjacent to an activating group) is 1. The minimum Gasteiger partial charge on any atom is -0.347 e. The van der Waals surface area contributed by atoms with Gasteiger partial charge in [0.25, 0.3) is 0 Å². The lowest BCUT2D eigenvalue weighted by molar-refractivity contribution is -0.129. The van der Waals surface area contributed by atoms with Gasteiger partial charge in [-0.25, -0.2) is 14.5 Å². The molecule has 1 aliphatic heterocycles. The third-order valence-electron chi connectivity index (χ3n) is 3.93. The van der Waals surface area contributed by atoms with E-state index in [0.29, 0.717) is 25.5 Å². The van der Waals surface area contributed by atoms with Gasteiger partial charge in [0, 0.05) is 33.4 Å². The van der Waals surface area contributed by atoms with E-state index in [1.807, 2.05) is 19.1 Å². The molecule has 0 saturated heterocycles. The molecule has 0 saturated carbocycles. The normalized spacial score (nSPS) is 13.8. The summed E-state index contributed by atoms with van der Waals surface area (Å²) in [6, 6.07) is 3.96. The van der Waals surface area contributed by atoms with Crippen LogP contribution in [0, 0.1) is 6.92 Å². The molecule has 1 aliphatic rings. The summed E-state index contributed by atoms with van der Waals surface area (Å²) < 4.78 is 2.88. The van der Waals surface area contributed by atoms with E-state index in [1.54, 1.807) is 24.9 Å². The second kappa shape index (κ2) is 5.86. The second-order valence-corrected chi connectivity index (χ2v) is 5.91. The molecule has 0 atom stereocenters. The van der Waals surface area contributed by atoms with Crippen molar-refractivity contribution in [1.82, 2.24) is 24.2 Å². The number of nitrogens with zero attached hydrogens (tertiary/aromatic N) is 6. The number of carbonyl (C=O) groups excluding carboxylic acids is 1. The molecule has 0 radical (unpaired) electrons. The van der Waals surface area contributed by atoms with Crippen LogP contribution in [-0.4, -0.2) is 50.8 Å². The maximum atomic E-state index is 12.3. The third kappa shape index (κ3) is 2.96. The molecule has 122 valence electrons. The van der Waals surface area contributed by atoms with Crippen molar-refractivity contribution in [3.05, 3.63) is 40.2 Å². The minimum atomic E-state index is -0.230. The van der Waals surface area contributed by atoms with Gasteiger partial charge in [0.2, 0.25) is 5.91 Å². The molecule has 3 rings (SSSR count). The van der Waals surface area contributed by atoms with Crippen LogP contribution >= 0.6 is 0 Å². The Morgan fingerprint density at radius 2 is 2.13 bits per heavy atom. The van der Waals surface area contributed by atoms with Gasteiger partial charge in [-0.15, -0.1) is 0 Å². The van der Waals surface area contributed by atoms with E-state index in [0.717, 1.165) is 11.4 Å². The number of rotatable bonds is 3. The van der Waals surface area contributed by atoms with Crippen molar-refractivity contribution in [2.45, 2.75) is 26.6 Å². The van der Waals surface area contributed by atoms with Gasteiger partial charge in [0.05, 0.1) is 6.54 Å². The fourth-order valence-electron chi connectivity index (χ4n) is 2.56. The molecule has 2 aromatic rings. The topological polar surface area (TPSA) is 76.3 Å². The highest BCUT2D eigenvalue weighted by Gasteiger charge is 2.23. The summed E-state index contributed by atoms with van der Waals surface area (Å²) in [7, 11) is 3.32. The summed E-state index contributed by atoms with van der Waals surface area (Å²) in [5.74, 6) is 1.39. The first-order chi connectivity index (χ1) is 11.0. The molecule has 23 heavy (non-hydrogen) atoms. The molecule has 0 aromatic carbocycles. The Kier molecular flexibility index (Phi) is 3.89. The maximum Gasteiger partial charge on any atom is 0.346 e. The quantitative estimate of drug-likeness (QED) is 0.787. The number of hydrogen-bond acceptors (Lipinski definition) is 5. The van der Waals surface area contributed by atoms with Crippen molar-refractivity contribution >= 4 is 11.7 Å². The molecule has 2 aromatic heterocycles. The van der Waals surface area contributed by atoms with Crippen LogP contribution < -0.4 is 10.6 Å². The lowest BCUT2D eigenvalue weighted by Gasteiger charge is -2.27. The third-order valence-corrected chi connectivity index (χ3v) is 3.93. The molecular formula is C15H20N6O2. The molecule has 8 heteroatoms. The van der Waals surface area contributed by atoms with Gasteiger partial charge < -0.3 is 9.80 Å². The summed E-state index contributed by atoms with van der Waals surface area (Å²) in [5.41, 5.74) is 0.909. The van der Waals surface area contributed by atoms with E-state index in [-0.39, 0.29) is 18.1 Å². The van der Waals surface area contributed by atoms with E-state index in [2.05, 4.69) is 15.0 Å². The zero-order valence-electron chi connectivity index (χ0n) is 13.6. The number of amides is 1. The summed E-state index contributed by atoms with van der Waals surface area (Å²) in [6.45, 7) is 3.73. The monoisotopic (exact) mass is 316 g/mol. The Morgan fingerprint density at radius 1 is 1.35 bits per heavy atom. The molecule has 3 heterocycles. The predicted molar refractivity (Wildman–Crippen MR) is 85.2 cm³/mol. The van der Waals surface area contributed by atoms with Crippen molar-refractivity contribution < 1.29 is 4.79 Å². The number of aryl methyl sites for hydroxylation is 1. The Hall–Kier alpha value is -2.64. The molecule has 0 aliphatic carbocycles. The number of pyridine rings is 1. The first-order valence-electron chi connectivity index (χ1n) is 7.50. The Balaban J connectivity index is 1.84. The minimum absolute atomic E-state index is 0.0332. The lowest BCUT2D eigenvalue weighted by Crippen LogP contribution is -2.38. The summed E-state index contributed by atoms with van der Waals surface area (Å²) in [5, 5.41) is 4.32. The fraction of sp³-hybridized carbons (Fsp3) is 0.467. The van der Waals surface area contributed by atoms with Crippen molar-refractivity contribution in [3.8, 4) is 0 Å². The average molecular weight is 316 g/mol. The van der Waals surface area contributed by atoms with Crippen molar-refractivity contribution in [1.29, 1.82) is 0 Å². The van der Waals surface area contributed by atoms with Crippen LogP contribution in [0.4, 0.5) is 5.82 Å². The molecule has 0 bridgehead atoms. The SMILES string of the molecule is Cc1ccnc(N2CCn3c(nn(CC(=O)N(C)C)c3=O)C2)c1. The largest absolute Gasteiger partial charge is 0.347 e. The molecular weight excluding hydrogens is 296 g/mol. The highest BCUT2D eigenvalue weighted by molar-refractivity contribution is 5.75. The summed E-state index contributed by atoms with van der Waals surface area (Å²) >= 11 is 0. The van der Waals surface area contributed by atoms with Gasteiger partial charge in [-0.05, 0) is 24.6 Å². The number of aromatic nitrogens is 4. The lowest BCUT2D eigenvalue weighted by atomic mass is 10.2. The Bertz CT molecular complexity index is 792. The molecule has 0 fully saturated rings. The zero-order chi connectivity index (χ0) is 16.6. The number of anilines is 1. The van der Waals surface area contributed by atoms with Crippen LogP contribution in [0.1, 0.15) is 11.4 Å². The fourth-order valence-corrected chi connectivity index (χ4v) is 2.56. The average Bonchev–Trinajstić information content (AvgIpc) is 2.83. The van der Waals surface area contributed by atoms with Gasteiger partial charge in [-0.1, -0.05) is 0 Å². The van der Waals surface area contributed by atoms with Gasteiger partial charge in [-0.2, -0.15) is 5.10 Å². The first kappa shape index (κ1) is 15.3. The van der Waals surface area contributed by atoms with Crippen LogP contribution in [0.2, 0.25) is 0 Å². The smallest absolute Gasteiger partial charge is 0.346 e. The summed E-state index contributed by atoms with van der Waals surface area (Å²) in [6.07, 6.45) is 1.78. The Morgan fingerprint density at radius 3 is 2.83 bits per heavy atom. The van der Waals surface area contributed by atoms with E-state index in [4.69, 9.17) is 0 Å². The van der Waals surface area contributed by atoms with E-state index in [1.165, 1.54) is 9.58 Å². The molecule has 8 nitrogen and oxygen atoms in total. The van der Waals surface area contributed by atoms with Crippen molar-refractivity contribution in [2.24, 2.45) is 0 Å². The number of carbonyl (C=O) groups is 1. The molecule has 1 amide bonds. The van der Waals surface area contributed by atoms with Gasteiger partial charge in [0.1, 0.15) is 12.4 Å². The highest BCUT2D eigenvalue weighted by atomic mass is 16.2. The first-order valence-corrected chi connectivity index (χ1v) is 7.50. The Labute approximate surface area is 134 Å². The van der Waals surface area contributed by atoms with Crippen LogP contribution in [0.5, 0.6) is 0 Å². The van der Waals surface area contributed by atoms with Crippen molar-refractivity contribution in [3.63, 3.8) is 0 Å². The van der Waals surface area contributed by atoms with Crippen LogP contribution in [0.3, 0.4) is 0 Å². The van der Waals surface area contributed by atoms with E-state index >= 15 is 0 Å². The predicted octanol–water partition coefficient (Wildman–Crippen LogP) is -0.143. The van der Waals surface area contributed by atoms with Gasteiger partial charge in [-0.3, -0.25) is 9.36 Å². The van der Waals surface area contributed by atoms with Crippen LogP contribution in [-0.2, 0) is 24.4 Å². The second-order valence-electron chi connectivity index (χ2n) is 5.91. The number of fused-ring (bicyclic) bond motifs is 1. The molecule has 0 N–H and O–H groups in total. The standard InChI is InChI=1S/C15H20N6O2/c1-11-4-5-16-12(8-11)19-6-7-20-13(9-19)17-21(15(20)23)10-14(22)18(2)3/h4-5,8H,6-7,9-10H2,1-3H3. The number of hydrogen-bond donors (Lipinski definition) is 0. The summed E-state index contributed by atoms with van der Waals surface area (Å²) in [4.78, 5) is 32.0.